The van der Waals surface area contributed by atoms with Crippen LogP contribution in [0, 0.1) is 0 Å². The number of carbonyl (C=O) groups excluding carboxylic acids is 1. The van der Waals surface area contributed by atoms with Gasteiger partial charge in [0, 0.05) is 23.9 Å². The van der Waals surface area contributed by atoms with E-state index in [-0.39, 0.29) is 5.78 Å². The molecular weight excluding hydrogens is 190 g/mol. The number of ether oxygens (including phenoxy) is 1. The largest absolute Gasteiger partial charge is 0.496 e. The van der Waals surface area contributed by atoms with Crippen molar-refractivity contribution in [2.24, 2.45) is 0 Å². The summed E-state index contributed by atoms with van der Waals surface area (Å²) in [6.45, 7) is 1.52. The van der Waals surface area contributed by atoms with E-state index in [2.05, 4.69) is 4.98 Å². The SMILES string of the molecule is COc1cccc2c(C(C)=O)nccc12. The molecule has 2 rings (SSSR count). The topological polar surface area (TPSA) is 39.2 Å². The molecule has 1 aromatic heterocycles. The number of carbonyl (C=O) groups is 1. The van der Waals surface area contributed by atoms with Gasteiger partial charge in [-0.2, -0.15) is 0 Å². The Kier molecular flexibility index (Phi) is 2.37. The summed E-state index contributed by atoms with van der Waals surface area (Å²) in [4.78, 5) is 15.4. The van der Waals surface area contributed by atoms with E-state index in [1.54, 1.807) is 13.3 Å². The standard InChI is InChI=1S/C12H11NO2/c1-8(14)12-10-4-3-5-11(15-2)9(10)6-7-13-12/h3-7H,1-2H3. The minimum absolute atomic E-state index is 0.0335. The molecule has 2 aromatic rings. The first-order chi connectivity index (χ1) is 7.24. The van der Waals surface area contributed by atoms with Crippen LogP contribution in [0.5, 0.6) is 5.75 Å². The third-order valence-electron chi connectivity index (χ3n) is 2.32. The molecule has 15 heavy (non-hydrogen) atoms. The first kappa shape index (κ1) is 9.65. The molecule has 1 heterocycles. The van der Waals surface area contributed by atoms with Gasteiger partial charge >= 0.3 is 0 Å². The fraction of sp³-hybridized carbons (Fsp3) is 0.167. The van der Waals surface area contributed by atoms with E-state index >= 15 is 0 Å². The summed E-state index contributed by atoms with van der Waals surface area (Å²) >= 11 is 0. The van der Waals surface area contributed by atoms with E-state index < -0.39 is 0 Å². The minimum atomic E-state index is -0.0335. The predicted octanol–water partition coefficient (Wildman–Crippen LogP) is 2.45. The van der Waals surface area contributed by atoms with E-state index in [0.717, 1.165) is 16.5 Å². The average Bonchev–Trinajstić information content (AvgIpc) is 2.27. The molecule has 0 aliphatic carbocycles. The summed E-state index contributed by atoms with van der Waals surface area (Å²) in [5, 5.41) is 1.75. The lowest BCUT2D eigenvalue weighted by Gasteiger charge is -2.06. The molecule has 0 bridgehead atoms. The van der Waals surface area contributed by atoms with Crippen molar-refractivity contribution in [2.45, 2.75) is 6.92 Å². The van der Waals surface area contributed by atoms with Crippen molar-refractivity contribution in [1.82, 2.24) is 4.98 Å². The molecule has 0 aliphatic rings. The molecule has 0 N–H and O–H groups in total. The first-order valence-electron chi connectivity index (χ1n) is 4.66. The Morgan fingerprint density at radius 1 is 1.27 bits per heavy atom. The third-order valence-corrected chi connectivity index (χ3v) is 2.32. The Bertz CT molecular complexity index is 520. The Morgan fingerprint density at radius 3 is 2.73 bits per heavy atom. The van der Waals surface area contributed by atoms with Gasteiger partial charge in [-0.3, -0.25) is 9.78 Å². The van der Waals surface area contributed by atoms with Crippen molar-refractivity contribution < 1.29 is 9.53 Å². The van der Waals surface area contributed by atoms with E-state index in [9.17, 15) is 4.79 Å². The van der Waals surface area contributed by atoms with Crippen molar-refractivity contribution in [1.29, 1.82) is 0 Å². The van der Waals surface area contributed by atoms with E-state index in [4.69, 9.17) is 4.74 Å². The molecule has 0 atom stereocenters. The zero-order valence-electron chi connectivity index (χ0n) is 8.65. The van der Waals surface area contributed by atoms with E-state index in [1.165, 1.54) is 6.92 Å². The average molecular weight is 201 g/mol. The maximum Gasteiger partial charge on any atom is 0.178 e. The Hall–Kier alpha value is -1.90. The predicted molar refractivity (Wildman–Crippen MR) is 58.3 cm³/mol. The fourth-order valence-corrected chi connectivity index (χ4v) is 1.64. The molecular formula is C12H11NO2. The Morgan fingerprint density at radius 2 is 2.07 bits per heavy atom. The maximum atomic E-state index is 11.4. The molecule has 0 aliphatic heterocycles. The number of hydrogen-bond donors (Lipinski definition) is 0. The number of methoxy groups -OCH3 is 1. The van der Waals surface area contributed by atoms with Gasteiger partial charge in [-0.25, -0.2) is 0 Å². The molecule has 0 radical (unpaired) electrons. The normalized spacial score (nSPS) is 10.3. The highest BCUT2D eigenvalue weighted by Crippen LogP contribution is 2.26. The summed E-state index contributed by atoms with van der Waals surface area (Å²) in [5.41, 5.74) is 0.492. The van der Waals surface area contributed by atoms with Gasteiger partial charge in [0.2, 0.25) is 0 Å². The summed E-state index contributed by atoms with van der Waals surface area (Å²) < 4.78 is 5.22. The lowest BCUT2D eigenvalue weighted by atomic mass is 10.1. The molecule has 0 spiro atoms. The lowest BCUT2D eigenvalue weighted by molar-refractivity contribution is 0.101. The van der Waals surface area contributed by atoms with Crippen molar-refractivity contribution in [3.63, 3.8) is 0 Å². The summed E-state index contributed by atoms with van der Waals surface area (Å²) in [7, 11) is 1.61. The summed E-state index contributed by atoms with van der Waals surface area (Å²) in [6, 6.07) is 7.45. The molecule has 0 saturated heterocycles. The van der Waals surface area contributed by atoms with Crippen LogP contribution in [-0.2, 0) is 0 Å². The summed E-state index contributed by atoms with van der Waals surface area (Å²) in [6.07, 6.45) is 1.63. The highest BCUT2D eigenvalue weighted by atomic mass is 16.5. The number of ketones is 1. The second-order valence-electron chi connectivity index (χ2n) is 3.27. The number of benzene rings is 1. The van der Waals surface area contributed by atoms with Crippen LogP contribution in [0.1, 0.15) is 17.4 Å². The molecule has 3 nitrogen and oxygen atoms in total. The van der Waals surface area contributed by atoms with Crippen LogP contribution in [0.15, 0.2) is 30.5 Å². The molecule has 76 valence electrons. The molecule has 0 fully saturated rings. The molecule has 0 saturated carbocycles. The zero-order chi connectivity index (χ0) is 10.8. The fourth-order valence-electron chi connectivity index (χ4n) is 1.64. The van der Waals surface area contributed by atoms with Crippen LogP contribution in [0.3, 0.4) is 0 Å². The van der Waals surface area contributed by atoms with Crippen molar-refractivity contribution in [2.75, 3.05) is 7.11 Å². The monoisotopic (exact) mass is 201 g/mol. The van der Waals surface area contributed by atoms with Crippen LogP contribution < -0.4 is 4.74 Å². The van der Waals surface area contributed by atoms with Gasteiger partial charge in [0.15, 0.2) is 5.78 Å². The number of Topliss-reactive ketones (excluding diaryl/α,β-unsaturated/α-hetero) is 1. The molecule has 3 heteroatoms. The number of rotatable bonds is 2. The highest BCUT2D eigenvalue weighted by molar-refractivity contribution is 6.06. The van der Waals surface area contributed by atoms with Gasteiger partial charge in [0.05, 0.1) is 7.11 Å². The number of fused-ring (bicyclic) bond motifs is 1. The quantitative estimate of drug-likeness (QED) is 0.700. The second-order valence-corrected chi connectivity index (χ2v) is 3.27. The number of aromatic nitrogens is 1. The molecule has 1 aromatic carbocycles. The van der Waals surface area contributed by atoms with Crippen LogP contribution >= 0.6 is 0 Å². The van der Waals surface area contributed by atoms with E-state index in [0.29, 0.717) is 5.69 Å². The second kappa shape index (κ2) is 3.69. The smallest absolute Gasteiger partial charge is 0.178 e. The van der Waals surface area contributed by atoms with Crippen LogP contribution in [0.4, 0.5) is 0 Å². The van der Waals surface area contributed by atoms with Gasteiger partial charge in [-0.05, 0) is 12.1 Å². The minimum Gasteiger partial charge on any atom is -0.496 e. The van der Waals surface area contributed by atoms with Gasteiger partial charge in [0.1, 0.15) is 11.4 Å². The first-order valence-corrected chi connectivity index (χ1v) is 4.66. The Labute approximate surface area is 87.7 Å². The highest BCUT2D eigenvalue weighted by Gasteiger charge is 2.08. The molecule has 0 amide bonds. The third kappa shape index (κ3) is 1.56. The van der Waals surface area contributed by atoms with Gasteiger partial charge in [0.25, 0.3) is 0 Å². The van der Waals surface area contributed by atoms with Crippen molar-refractivity contribution >= 4 is 16.6 Å². The van der Waals surface area contributed by atoms with Crippen LogP contribution in [0.25, 0.3) is 10.8 Å². The number of hydrogen-bond acceptors (Lipinski definition) is 3. The maximum absolute atomic E-state index is 11.4. The van der Waals surface area contributed by atoms with Crippen LogP contribution in [0.2, 0.25) is 0 Å². The van der Waals surface area contributed by atoms with Gasteiger partial charge in [-0.15, -0.1) is 0 Å². The number of pyridine rings is 1. The van der Waals surface area contributed by atoms with E-state index in [1.807, 2.05) is 24.3 Å². The Balaban J connectivity index is 2.82. The molecule has 0 unspecified atom stereocenters. The van der Waals surface area contributed by atoms with Crippen molar-refractivity contribution in [3.8, 4) is 5.75 Å². The van der Waals surface area contributed by atoms with Crippen molar-refractivity contribution in [3.05, 3.63) is 36.2 Å². The zero-order valence-corrected chi connectivity index (χ0v) is 8.65. The lowest BCUT2D eigenvalue weighted by Crippen LogP contribution is -1.98. The number of nitrogens with zero attached hydrogens (tertiary/aromatic N) is 1. The van der Waals surface area contributed by atoms with Gasteiger partial charge < -0.3 is 4.74 Å². The van der Waals surface area contributed by atoms with Crippen LogP contribution in [-0.4, -0.2) is 17.9 Å². The summed E-state index contributed by atoms with van der Waals surface area (Å²) in [5.74, 6) is 0.728. The van der Waals surface area contributed by atoms with Gasteiger partial charge in [-0.1, -0.05) is 12.1 Å².